The van der Waals surface area contributed by atoms with E-state index in [0.29, 0.717) is 0 Å². The van der Waals surface area contributed by atoms with Crippen LogP contribution in [-0.2, 0) is 15.1 Å². The van der Waals surface area contributed by atoms with Crippen LogP contribution in [0.4, 0.5) is 0 Å². The number of aliphatic carboxylic acids is 1. The van der Waals surface area contributed by atoms with Crippen LogP contribution in [0.25, 0.3) is 0 Å². The van der Waals surface area contributed by atoms with E-state index in [2.05, 4.69) is 0 Å². The molecule has 1 spiro atoms. The van der Waals surface area contributed by atoms with Gasteiger partial charge in [0.15, 0.2) is 0 Å². The molecule has 0 amide bonds. The van der Waals surface area contributed by atoms with E-state index in [0.717, 1.165) is 18.4 Å². The Morgan fingerprint density at radius 3 is 2.41 bits per heavy atom. The van der Waals surface area contributed by atoms with Crippen molar-refractivity contribution in [2.45, 2.75) is 25.4 Å². The maximum atomic E-state index is 11.3. The van der Waals surface area contributed by atoms with Gasteiger partial charge in [-0.2, -0.15) is 0 Å². The molecule has 0 bridgehead atoms. The molecule has 3 nitrogen and oxygen atoms in total. The molecule has 2 aliphatic carbocycles. The van der Waals surface area contributed by atoms with Gasteiger partial charge in [0.05, 0.1) is 5.41 Å². The summed E-state index contributed by atoms with van der Waals surface area (Å²) in [5, 5.41) is 9.31. The molecule has 0 aromatic heterocycles. The van der Waals surface area contributed by atoms with E-state index in [1.54, 1.807) is 7.11 Å². The van der Waals surface area contributed by atoms with Gasteiger partial charge < -0.3 is 9.84 Å². The first-order valence-corrected chi connectivity index (χ1v) is 5.87. The molecule has 90 valence electrons. The van der Waals surface area contributed by atoms with Crippen molar-refractivity contribution in [1.29, 1.82) is 0 Å². The number of hydrogen-bond acceptors (Lipinski definition) is 2. The van der Waals surface area contributed by atoms with Gasteiger partial charge in [0.2, 0.25) is 0 Å². The van der Waals surface area contributed by atoms with Crippen LogP contribution in [0.1, 0.15) is 25.3 Å². The Morgan fingerprint density at radius 1 is 1.29 bits per heavy atom. The normalized spacial score (nSPS) is 42.5. The van der Waals surface area contributed by atoms with Gasteiger partial charge in [-0.3, -0.25) is 4.79 Å². The number of carboxylic acid groups (broad SMARTS) is 1. The molecule has 1 N–H and O–H groups in total. The van der Waals surface area contributed by atoms with E-state index >= 15 is 0 Å². The van der Waals surface area contributed by atoms with Gasteiger partial charge in [0.1, 0.15) is 5.60 Å². The van der Waals surface area contributed by atoms with Crippen molar-refractivity contribution in [3.8, 4) is 0 Å². The Hall–Kier alpha value is -1.35. The summed E-state index contributed by atoms with van der Waals surface area (Å²) in [5.41, 5.74) is -0.0604. The number of carbonyl (C=O) groups is 1. The summed E-state index contributed by atoms with van der Waals surface area (Å²) in [4.78, 5) is 11.3. The van der Waals surface area contributed by atoms with Crippen molar-refractivity contribution < 1.29 is 14.6 Å². The number of benzene rings is 1. The Morgan fingerprint density at radius 2 is 1.94 bits per heavy atom. The van der Waals surface area contributed by atoms with Crippen LogP contribution in [0.15, 0.2) is 30.3 Å². The third kappa shape index (κ3) is 1.03. The summed E-state index contributed by atoms with van der Waals surface area (Å²) >= 11 is 0. The highest BCUT2D eigenvalue weighted by atomic mass is 16.5. The number of rotatable bonds is 3. The van der Waals surface area contributed by atoms with E-state index < -0.39 is 11.4 Å². The fourth-order valence-electron chi connectivity index (χ4n) is 3.54. The molecule has 2 saturated carbocycles. The van der Waals surface area contributed by atoms with Gasteiger partial charge in [0, 0.05) is 12.5 Å². The summed E-state index contributed by atoms with van der Waals surface area (Å²) in [6.07, 6.45) is 1.54. The van der Waals surface area contributed by atoms with Crippen molar-refractivity contribution >= 4 is 5.97 Å². The molecule has 2 unspecified atom stereocenters. The largest absolute Gasteiger partial charge is 0.481 e. The molecule has 2 fully saturated rings. The van der Waals surface area contributed by atoms with Gasteiger partial charge in [-0.05, 0) is 25.3 Å². The monoisotopic (exact) mass is 232 g/mol. The second-order valence-electron chi connectivity index (χ2n) is 5.47. The SMILES string of the molecule is COC1(c2ccccc2)C[C@]12CC2(C)C(=O)O. The second-order valence-corrected chi connectivity index (χ2v) is 5.47. The Bertz CT molecular complexity index is 484. The highest BCUT2D eigenvalue weighted by Gasteiger charge is 2.89. The fraction of sp³-hybridized carbons (Fsp3) is 0.500. The van der Waals surface area contributed by atoms with Crippen LogP contribution in [0.3, 0.4) is 0 Å². The van der Waals surface area contributed by atoms with Gasteiger partial charge in [-0.15, -0.1) is 0 Å². The maximum absolute atomic E-state index is 11.3. The predicted octanol–water partition coefficient (Wildman–Crippen LogP) is 2.41. The molecule has 2 aliphatic rings. The molecule has 0 aliphatic heterocycles. The summed E-state index contributed by atoms with van der Waals surface area (Å²) in [6, 6.07) is 9.97. The van der Waals surface area contributed by atoms with Gasteiger partial charge in [0.25, 0.3) is 0 Å². The minimum Gasteiger partial charge on any atom is -0.481 e. The van der Waals surface area contributed by atoms with E-state index in [4.69, 9.17) is 4.74 Å². The van der Waals surface area contributed by atoms with Crippen molar-refractivity contribution in [2.75, 3.05) is 7.11 Å². The van der Waals surface area contributed by atoms with Crippen LogP contribution in [0.2, 0.25) is 0 Å². The average Bonchev–Trinajstić information content (AvgIpc) is 3.18. The molecule has 3 rings (SSSR count). The maximum Gasteiger partial charge on any atom is 0.310 e. The minimum atomic E-state index is -0.702. The lowest BCUT2D eigenvalue weighted by molar-refractivity contribution is -0.144. The zero-order valence-corrected chi connectivity index (χ0v) is 10.1. The molecular weight excluding hydrogens is 216 g/mol. The first-order valence-electron chi connectivity index (χ1n) is 5.87. The topological polar surface area (TPSA) is 46.5 Å². The number of hydrogen-bond donors (Lipinski definition) is 1. The summed E-state index contributed by atoms with van der Waals surface area (Å²) in [6.45, 7) is 1.83. The predicted molar refractivity (Wildman–Crippen MR) is 62.5 cm³/mol. The Kier molecular flexibility index (Phi) is 1.84. The second kappa shape index (κ2) is 2.91. The lowest BCUT2D eigenvalue weighted by atomic mass is 9.98. The number of carboxylic acids is 1. The zero-order chi connectivity index (χ0) is 12.3. The molecule has 0 radical (unpaired) electrons. The van der Waals surface area contributed by atoms with Crippen LogP contribution in [0, 0.1) is 10.8 Å². The van der Waals surface area contributed by atoms with Crippen molar-refractivity contribution in [2.24, 2.45) is 10.8 Å². The fourth-order valence-corrected chi connectivity index (χ4v) is 3.54. The van der Waals surface area contributed by atoms with Crippen LogP contribution < -0.4 is 0 Å². The lowest BCUT2D eigenvalue weighted by Crippen LogP contribution is -2.21. The van der Waals surface area contributed by atoms with Gasteiger partial charge in [-0.1, -0.05) is 30.3 Å². The Labute approximate surface area is 100 Å². The number of methoxy groups -OCH3 is 1. The molecular formula is C14H16O3. The van der Waals surface area contributed by atoms with E-state index in [1.807, 2.05) is 37.3 Å². The quantitative estimate of drug-likeness (QED) is 0.870. The van der Waals surface area contributed by atoms with E-state index in [-0.39, 0.29) is 11.0 Å². The number of ether oxygens (including phenoxy) is 1. The first kappa shape index (κ1) is 10.8. The molecule has 0 heterocycles. The minimum absolute atomic E-state index is 0.179. The van der Waals surface area contributed by atoms with Crippen LogP contribution in [-0.4, -0.2) is 18.2 Å². The van der Waals surface area contributed by atoms with E-state index in [1.165, 1.54) is 0 Å². The molecule has 1 aromatic rings. The van der Waals surface area contributed by atoms with E-state index in [9.17, 15) is 9.90 Å². The average molecular weight is 232 g/mol. The molecule has 1 aromatic carbocycles. The third-order valence-electron chi connectivity index (χ3n) is 4.85. The van der Waals surface area contributed by atoms with Crippen LogP contribution in [0.5, 0.6) is 0 Å². The highest BCUT2D eigenvalue weighted by Crippen LogP contribution is 2.87. The van der Waals surface area contributed by atoms with Gasteiger partial charge in [-0.25, -0.2) is 0 Å². The smallest absolute Gasteiger partial charge is 0.310 e. The summed E-state index contributed by atoms with van der Waals surface area (Å²) < 4.78 is 5.69. The van der Waals surface area contributed by atoms with Gasteiger partial charge >= 0.3 is 5.97 Å². The molecule has 3 atom stereocenters. The lowest BCUT2D eigenvalue weighted by Gasteiger charge is -2.17. The molecule has 3 heteroatoms. The molecule has 0 saturated heterocycles. The molecule has 17 heavy (non-hydrogen) atoms. The highest BCUT2D eigenvalue weighted by molar-refractivity contribution is 5.82. The van der Waals surface area contributed by atoms with Crippen molar-refractivity contribution in [3.63, 3.8) is 0 Å². The standard InChI is InChI=1S/C14H16O3/c1-12(11(15)16)8-13(12)9-14(13,17-2)10-6-4-3-5-7-10/h3-7H,8-9H2,1-2H3,(H,15,16)/t12?,13-,14?/m0/s1. The third-order valence-corrected chi connectivity index (χ3v) is 4.85. The summed E-state index contributed by atoms with van der Waals surface area (Å²) in [7, 11) is 1.68. The van der Waals surface area contributed by atoms with Crippen LogP contribution >= 0.6 is 0 Å². The van der Waals surface area contributed by atoms with Crippen molar-refractivity contribution in [3.05, 3.63) is 35.9 Å². The zero-order valence-electron chi connectivity index (χ0n) is 10.1. The Balaban J connectivity index is 1.99. The summed E-state index contributed by atoms with van der Waals surface area (Å²) in [5.74, 6) is -0.702. The first-order chi connectivity index (χ1) is 8.02. The van der Waals surface area contributed by atoms with Crippen molar-refractivity contribution in [1.82, 2.24) is 0 Å².